The van der Waals surface area contributed by atoms with Gasteiger partial charge in [-0.15, -0.1) is 0 Å². The highest BCUT2D eigenvalue weighted by Gasteiger charge is 2.08. The van der Waals surface area contributed by atoms with Crippen LogP contribution in [0.25, 0.3) is 21.9 Å². The van der Waals surface area contributed by atoms with E-state index in [2.05, 4.69) is 131 Å². The molecule has 0 aliphatic carbocycles. The molecule has 2 heteroatoms. The van der Waals surface area contributed by atoms with Crippen LogP contribution in [0.4, 0.5) is 0 Å². The summed E-state index contributed by atoms with van der Waals surface area (Å²) in [7, 11) is 0. The summed E-state index contributed by atoms with van der Waals surface area (Å²) in [4.78, 5) is 0. The Morgan fingerprint density at radius 2 is 1.07 bits per heavy atom. The standard InChI is InChI=1S/C28H24N2/c1-3-7-23(8-4-1)20-29-16-13-25(14-17-29)26-11-12-28-22-30(18-15-27(28)19-26)21-24-9-5-2-6-10-24/h1-19,22H,20-21H2/q+2. The molecule has 2 heterocycles. The van der Waals surface area contributed by atoms with Crippen LogP contribution in [0, 0.1) is 0 Å². The summed E-state index contributed by atoms with van der Waals surface area (Å²) in [6.07, 6.45) is 8.71. The third-order valence-corrected chi connectivity index (χ3v) is 5.48. The summed E-state index contributed by atoms with van der Waals surface area (Å²) in [5.41, 5.74) is 5.11. The quantitative estimate of drug-likeness (QED) is 0.367. The normalized spacial score (nSPS) is 10.9. The van der Waals surface area contributed by atoms with Crippen LogP contribution >= 0.6 is 0 Å². The molecule has 0 bridgehead atoms. The van der Waals surface area contributed by atoms with Gasteiger partial charge in [-0.05, 0) is 28.6 Å². The number of hydrogen-bond donors (Lipinski definition) is 0. The van der Waals surface area contributed by atoms with Crippen molar-refractivity contribution in [3.05, 3.63) is 133 Å². The molecule has 0 saturated carbocycles. The Kier molecular flexibility index (Phi) is 5.05. The van der Waals surface area contributed by atoms with E-state index in [1.165, 1.54) is 33.0 Å². The second kappa shape index (κ2) is 8.30. The zero-order chi connectivity index (χ0) is 20.2. The SMILES string of the molecule is c1ccc(C[n+]2ccc(-c3ccc4c[n+](Cc5ccccc5)ccc4c3)cc2)cc1. The van der Waals surface area contributed by atoms with Crippen molar-refractivity contribution in [2.24, 2.45) is 0 Å². The largest absolute Gasteiger partial charge is 0.201 e. The Labute approximate surface area is 177 Å². The molecule has 30 heavy (non-hydrogen) atoms. The maximum Gasteiger partial charge on any atom is 0.176 e. The van der Waals surface area contributed by atoms with Gasteiger partial charge in [0.05, 0.1) is 0 Å². The number of nitrogens with zero attached hydrogens (tertiary/aromatic N) is 2. The summed E-state index contributed by atoms with van der Waals surface area (Å²) < 4.78 is 4.46. The molecule has 0 aliphatic rings. The molecule has 2 aromatic heterocycles. The third-order valence-electron chi connectivity index (χ3n) is 5.48. The lowest BCUT2D eigenvalue weighted by molar-refractivity contribution is -0.688. The predicted molar refractivity (Wildman–Crippen MR) is 121 cm³/mol. The molecule has 0 N–H and O–H groups in total. The predicted octanol–water partition coefficient (Wildman–Crippen LogP) is 5.18. The average Bonchev–Trinajstić information content (AvgIpc) is 2.81. The monoisotopic (exact) mass is 388 g/mol. The summed E-state index contributed by atoms with van der Waals surface area (Å²) in [6, 6.07) is 34.4. The van der Waals surface area contributed by atoms with Crippen molar-refractivity contribution in [2.45, 2.75) is 13.1 Å². The van der Waals surface area contributed by atoms with Crippen molar-refractivity contribution >= 4 is 10.8 Å². The highest BCUT2D eigenvalue weighted by molar-refractivity contribution is 5.85. The summed E-state index contributed by atoms with van der Waals surface area (Å²) >= 11 is 0. The summed E-state index contributed by atoms with van der Waals surface area (Å²) in [5.74, 6) is 0. The molecule has 2 nitrogen and oxygen atoms in total. The highest BCUT2D eigenvalue weighted by atomic mass is 14.9. The Morgan fingerprint density at radius 3 is 1.73 bits per heavy atom. The van der Waals surface area contributed by atoms with E-state index in [1.54, 1.807) is 0 Å². The van der Waals surface area contributed by atoms with Gasteiger partial charge in [-0.2, -0.15) is 0 Å². The van der Waals surface area contributed by atoms with Crippen LogP contribution in [0.5, 0.6) is 0 Å². The number of benzene rings is 3. The van der Waals surface area contributed by atoms with E-state index in [1.807, 2.05) is 0 Å². The lowest BCUT2D eigenvalue weighted by atomic mass is 10.0. The fourth-order valence-electron chi connectivity index (χ4n) is 3.86. The van der Waals surface area contributed by atoms with Crippen LogP contribution < -0.4 is 9.13 Å². The van der Waals surface area contributed by atoms with E-state index in [0.717, 1.165) is 13.1 Å². The van der Waals surface area contributed by atoms with E-state index < -0.39 is 0 Å². The maximum absolute atomic E-state index is 2.28. The zero-order valence-electron chi connectivity index (χ0n) is 16.9. The molecule has 0 amide bonds. The molecule has 5 rings (SSSR count). The average molecular weight is 389 g/mol. The smallest absolute Gasteiger partial charge is 0.176 e. The van der Waals surface area contributed by atoms with Crippen LogP contribution in [0.1, 0.15) is 11.1 Å². The number of aromatic nitrogens is 2. The van der Waals surface area contributed by atoms with Crippen LogP contribution in [0.2, 0.25) is 0 Å². The number of fused-ring (bicyclic) bond motifs is 1. The van der Waals surface area contributed by atoms with E-state index in [4.69, 9.17) is 0 Å². The molecule has 0 aliphatic heterocycles. The molecule has 0 atom stereocenters. The Morgan fingerprint density at radius 1 is 0.467 bits per heavy atom. The van der Waals surface area contributed by atoms with Gasteiger partial charge in [0, 0.05) is 34.7 Å². The Balaban J connectivity index is 1.36. The van der Waals surface area contributed by atoms with Gasteiger partial charge in [-0.3, -0.25) is 0 Å². The molecule has 144 valence electrons. The van der Waals surface area contributed by atoms with Crippen molar-refractivity contribution < 1.29 is 9.13 Å². The lowest BCUT2D eigenvalue weighted by Crippen LogP contribution is -2.33. The maximum atomic E-state index is 2.28. The van der Waals surface area contributed by atoms with Crippen molar-refractivity contribution in [2.75, 3.05) is 0 Å². The lowest BCUT2D eigenvalue weighted by Gasteiger charge is -2.04. The van der Waals surface area contributed by atoms with Crippen molar-refractivity contribution in [3.63, 3.8) is 0 Å². The molecule has 0 spiro atoms. The van der Waals surface area contributed by atoms with Gasteiger partial charge in [-0.25, -0.2) is 9.13 Å². The van der Waals surface area contributed by atoms with Crippen LogP contribution in [-0.4, -0.2) is 0 Å². The van der Waals surface area contributed by atoms with Gasteiger partial charge in [0.1, 0.15) is 0 Å². The molecule has 0 unspecified atom stereocenters. The third kappa shape index (κ3) is 4.13. The molecular formula is C28H24N2+2. The van der Waals surface area contributed by atoms with E-state index in [-0.39, 0.29) is 0 Å². The van der Waals surface area contributed by atoms with Crippen LogP contribution in [0.15, 0.2) is 122 Å². The van der Waals surface area contributed by atoms with Gasteiger partial charge in [0.25, 0.3) is 0 Å². The first-order valence-corrected chi connectivity index (χ1v) is 10.3. The Hall–Kier alpha value is -3.78. The van der Waals surface area contributed by atoms with Crippen molar-refractivity contribution in [1.29, 1.82) is 0 Å². The summed E-state index contributed by atoms with van der Waals surface area (Å²) in [5, 5.41) is 2.52. The van der Waals surface area contributed by atoms with E-state index >= 15 is 0 Å². The van der Waals surface area contributed by atoms with Gasteiger partial charge in [0.15, 0.2) is 37.9 Å². The molecular weight excluding hydrogens is 364 g/mol. The second-order valence-corrected chi connectivity index (χ2v) is 7.69. The number of hydrogen-bond acceptors (Lipinski definition) is 0. The fraction of sp³-hybridized carbons (Fsp3) is 0.0714. The van der Waals surface area contributed by atoms with Crippen LogP contribution in [-0.2, 0) is 13.1 Å². The van der Waals surface area contributed by atoms with E-state index in [9.17, 15) is 0 Å². The van der Waals surface area contributed by atoms with Gasteiger partial charge in [-0.1, -0.05) is 66.7 Å². The minimum atomic E-state index is 0.888. The van der Waals surface area contributed by atoms with Crippen molar-refractivity contribution in [1.82, 2.24) is 0 Å². The second-order valence-electron chi connectivity index (χ2n) is 7.69. The zero-order valence-corrected chi connectivity index (χ0v) is 16.9. The minimum Gasteiger partial charge on any atom is -0.201 e. The first-order valence-electron chi connectivity index (χ1n) is 10.3. The Bertz CT molecular complexity index is 1260. The number of pyridine rings is 2. The minimum absolute atomic E-state index is 0.888. The topological polar surface area (TPSA) is 7.76 Å². The molecule has 3 aromatic carbocycles. The van der Waals surface area contributed by atoms with E-state index in [0.29, 0.717) is 0 Å². The first-order chi connectivity index (χ1) is 14.8. The van der Waals surface area contributed by atoms with Crippen LogP contribution in [0.3, 0.4) is 0 Å². The summed E-state index contributed by atoms with van der Waals surface area (Å²) in [6.45, 7) is 1.78. The molecule has 0 radical (unpaired) electrons. The van der Waals surface area contributed by atoms with Gasteiger partial charge in [0.2, 0.25) is 0 Å². The molecule has 0 fully saturated rings. The van der Waals surface area contributed by atoms with Crippen molar-refractivity contribution in [3.8, 4) is 11.1 Å². The molecule has 0 saturated heterocycles. The first kappa shape index (κ1) is 18.3. The number of rotatable bonds is 5. The van der Waals surface area contributed by atoms with Gasteiger partial charge < -0.3 is 0 Å². The fourth-order valence-corrected chi connectivity index (χ4v) is 3.86. The van der Waals surface area contributed by atoms with Gasteiger partial charge >= 0.3 is 0 Å². The molecule has 5 aromatic rings. The highest BCUT2D eigenvalue weighted by Crippen LogP contribution is 2.23.